The first-order valence-corrected chi connectivity index (χ1v) is 9.09. The molecule has 8 heteroatoms. The van der Waals surface area contributed by atoms with E-state index in [0.29, 0.717) is 26.1 Å². The predicted molar refractivity (Wildman–Crippen MR) is 92.8 cm³/mol. The van der Waals surface area contributed by atoms with Gasteiger partial charge in [-0.2, -0.15) is 0 Å². The van der Waals surface area contributed by atoms with Crippen LogP contribution in [0.1, 0.15) is 22.9 Å². The summed E-state index contributed by atoms with van der Waals surface area (Å²) in [5.41, 5.74) is -0.106. The molecule has 1 fully saturated rings. The highest BCUT2D eigenvalue weighted by atomic mass is 32.1. The number of likely N-dealkylation sites (tertiary alicyclic amines) is 1. The lowest BCUT2D eigenvalue weighted by molar-refractivity contribution is -0.386. The number of carbonyl (C=O) groups is 1. The zero-order valence-corrected chi connectivity index (χ0v) is 14.3. The number of piperidine rings is 1. The zero-order valence-electron chi connectivity index (χ0n) is 13.5. The van der Waals surface area contributed by atoms with E-state index in [1.807, 2.05) is 22.4 Å². The van der Waals surface area contributed by atoms with E-state index in [-0.39, 0.29) is 23.4 Å². The smallest absolute Gasteiger partial charge is 0.334 e. The first-order valence-electron chi connectivity index (χ1n) is 8.21. The lowest BCUT2D eigenvalue weighted by Crippen LogP contribution is -2.49. The molecule has 2 aliphatic rings. The summed E-state index contributed by atoms with van der Waals surface area (Å²) in [6.45, 7) is 1.61. The topological polar surface area (TPSA) is 85.5 Å². The molecule has 7 nitrogen and oxygen atoms in total. The van der Waals surface area contributed by atoms with E-state index in [2.05, 4.69) is 0 Å². The molecule has 2 atom stereocenters. The van der Waals surface area contributed by atoms with Gasteiger partial charge in [-0.05, 0) is 29.9 Å². The van der Waals surface area contributed by atoms with Gasteiger partial charge in [0.05, 0.1) is 11.3 Å². The Labute approximate surface area is 147 Å². The van der Waals surface area contributed by atoms with Crippen molar-refractivity contribution in [3.8, 4) is 0 Å². The van der Waals surface area contributed by atoms with Crippen molar-refractivity contribution in [2.24, 2.45) is 5.92 Å². The number of fused-ring (bicyclic) bond motifs is 4. The van der Waals surface area contributed by atoms with Crippen molar-refractivity contribution in [1.82, 2.24) is 9.47 Å². The predicted octanol–water partition coefficient (Wildman–Crippen LogP) is 2.01. The molecular weight excluding hydrogens is 342 g/mol. The maximum absolute atomic E-state index is 12.6. The average Bonchev–Trinajstić information content (AvgIpc) is 3.08. The summed E-state index contributed by atoms with van der Waals surface area (Å²) < 4.78 is 1.54. The van der Waals surface area contributed by atoms with Crippen LogP contribution < -0.4 is 5.56 Å². The molecule has 2 aliphatic heterocycles. The van der Waals surface area contributed by atoms with Gasteiger partial charge in [-0.3, -0.25) is 19.7 Å². The number of aromatic nitrogens is 1. The maximum atomic E-state index is 12.6. The quantitative estimate of drug-likeness (QED) is 0.620. The monoisotopic (exact) mass is 359 g/mol. The third kappa shape index (κ3) is 2.86. The molecule has 2 unspecified atom stereocenters. The van der Waals surface area contributed by atoms with Gasteiger partial charge in [-0.1, -0.05) is 6.07 Å². The molecule has 0 radical (unpaired) electrons. The SMILES string of the molecule is O=C(Cc1cccs1)N1CC2CC(C1)c1ccc([N+](=O)[O-])c(=O)n1C2. The molecule has 2 aromatic heterocycles. The molecule has 4 rings (SSSR count). The minimum absolute atomic E-state index is 0.0632. The van der Waals surface area contributed by atoms with E-state index in [0.717, 1.165) is 17.0 Å². The van der Waals surface area contributed by atoms with Gasteiger partial charge < -0.3 is 9.47 Å². The number of amides is 1. The summed E-state index contributed by atoms with van der Waals surface area (Å²) in [5, 5.41) is 12.9. The molecule has 0 spiro atoms. The van der Waals surface area contributed by atoms with E-state index < -0.39 is 10.5 Å². The van der Waals surface area contributed by atoms with Crippen LogP contribution in [0.2, 0.25) is 0 Å². The van der Waals surface area contributed by atoms with Crippen LogP contribution in [-0.4, -0.2) is 33.4 Å². The summed E-state index contributed by atoms with van der Waals surface area (Å²) in [4.78, 5) is 38.2. The molecule has 0 aliphatic carbocycles. The first-order chi connectivity index (χ1) is 12.0. The zero-order chi connectivity index (χ0) is 17.6. The lowest BCUT2D eigenvalue weighted by Gasteiger charge is -2.42. The van der Waals surface area contributed by atoms with Gasteiger partial charge in [-0.25, -0.2) is 0 Å². The number of carbonyl (C=O) groups excluding carboxylic acids is 1. The number of thiophene rings is 1. The number of pyridine rings is 1. The summed E-state index contributed by atoms with van der Waals surface area (Å²) in [6.07, 6.45) is 1.32. The van der Waals surface area contributed by atoms with Crippen LogP contribution in [0.5, 0.6) is 0 Å². The molecular formula is C17H17N3O4S. The number of nitro groups is 1. The fourth-order valence-electron chi connectivity index (χ4n) is 3.95. The van der Waals surface area contributed by atoms with Gasteiger partial charge >= 0.3 is 11.2 Å². The molecule has 25 heavy (non-hydrogen) atoms. The number of hydrogen-bond acceptors (Lipinski definition) is 5. The van der Waals surface area contributed by atoms with Crippen molar-refractivity contribution >= 4 is 22.9 Å². The van der Waals surface area contributed by atoms with Crippen LogP contribution in [0.3, 0.4) is 0 Å². The Morgan fingerprint density at radius 2 is 2.12 bits per heavy atom. The Kier molecular flexibility index (Phi) is 3.91. The third-order valence-corrected chi connectivity index (χ3v) is 5.92. The van der Waals surface area contributed by atoms with Gasteiger partial charge in [0, 0.05) is 42.2 Å². The van der Waals surface area contributed by atoms with Crippen molar-refractivity contribution in [2.75, 3.05) is 13.1 Å². The summed E-state index contributed by atoms with van der Waals surface area (Å²) in [7, 11) is 0. The highest BCUT2D eigenvalue weighted by Crippen LogP contribution is 2.35. The second-order valence-electron chi connectivity index (χ2n) is 6.67. The van der Waals surface area contributed by atoms with Crippen LogP contribution in [-0.2, 0) is 17.8 Å². The molecule has 2 aromatic rings. The van der Waals surface area contributed by atoms with Gasteiger partial charge in [0.2, 0.25) is 5.91 Å². The van der Waals surface area contributed by atoms with Crippen LogP contribution in [0.15, 0.2) is 34.4 Å². The van der Waals surface area contributed by atoms with Crippen LogP contribution >= 0.6 is 11.3 Å². The number of rotatable bonds is 3. The molecule has 1 saturated heterocycles. The molecule has 2 bridgehead atoms. The van der Waals surface area contributed by atoms with E-state index in [9.17, 15) is 19.7 Å². The van der Waals surface area contributed by atoms with Crippen LogP contribution in [0.4, 0.5) is 5.69 Å². The summed E-state index contributed by atoms with van der Waals surface area (Å²) >= 11 is 1.57. The Hall–Kier alpha value is -2.48. The maximum Gasteiger partial charge on any atom is 0.334 e. The normalized spacial score (nSPS) is 21.7. The fraction of sp³-hybridized carbons (Fsp3) is 0.412. The third-order valence-electron chi connectivity index (χ3n) is 5.04. The Bertz CT molecular complexity index is 890. The average molecular weight is 359 g/mol. The molecule has 4 heterocycles. The Morgan fingerprint density at radius 3 is 2.84 bits per heavy atom. The standard InChI is InChI=1S/C17H17N3O4S/c21-16(7-13-2-1-5-25-13)18-8-11-6-12(10-18)14-3-4-15(20(23)24)17(22)19(14)9-11/h1-5,11-12H,6-10H2. The van der Waals surface area contributed by atoms with Crippen LogP contribution in [0.25, 0.3) is 0 Å². The van der Waals surface area contributed by atoms with Gasteiger partial charge in [0.25, 0.3) is 0 Å². The van der Waals surface area contributed by atoms with Crippen molar-refractivity contribution in [1.29, 1.82) is 0 Å². The molecule has 130 valence electrons. The highest BCUT2D eigenvalue weighted by Gasteiger charge is 2.37. The van der Waals surface area contributed by atoms with E-state index in [1.165, 1.54) is 10.6 Å². The van der Waals surface area contributed by atoms with Crippen molar-refractivity contribution in [3.05, 3.63) is 60.7 Å². The molecule has 0 aromatic carbocycles. The second kappa shape index (κ2) is 6.11. The summed E-state index contributed by atoms with van der Waals surface area (Å²) in [5.74, 6) is 0.335. The van der Waals surface area contributed by atoms with E-state index in [4.69, 9.17) is 0 Å². The largest absolute Gasteiger partial charge is 0.341 e. The minimum Gasteiger partial charge on any atom is -0.341 e. The number of hydrogen-bond donors (Lipinski definition) is 0. The summed E-state index contributed by atoms with van der Waals surface area (Å²) in [6, 6.07) is 6.86. The highest BCUT2D eigenvalue weighted by molar-refractivity contribution is 7.10. The Balaban J connectivity index is 1.59. The van der Waals surface area contributed by atoms with E-state index in [1.54, 1.807) is 17.4 Å². The molecule has 0 saturated carbocycles. The van der Waals surface area contributed by atoms with Gasteiger partial charge in [0.15, 0.2) is 0 Å². The molecule has 1 amide bonds. The minimum atomic E-state index is -0.628. The number of nitrogens with zero attached hydrogens (tertiary/aromatic N) is 3. The fourth-order valence-corrected chi connectivity index (χ4v) is 4.65. The van der Waals surface area contributed by atoms with E-state index >= 15 is 0 Å². The van der Waals surface area contributed by atoms with Gasteiger partial charge in [0.1, 0.15) is 0 Å². The van der Waals surface area contributed by atoms with Crippen molar-refractivity contribution in [2.45, 2.75) is 25.3 Å². The second-order valence-corrected chi connectivity index (χ2v) is 7.70. The van der Waals surface area contributed by atoms with Crippen molar-refractivity contribution < 1.29 is 9.72 Å². The lowest BCUT2D eigenvalue weighted by atomic mass is 9.83. The Morgan fingerprint density at radius 1 is 1.28 bits per heavy atom. The van der Waals surface area contributed by atoms with Crippen LogP contribution in [0, 0.1) is 16.0 Å². The van der Waals surface area contributed by atoms with Gasteiger partial charge in [-0.15, -0.1) is 11.3 Å². The first kappa shape index (κ1) is 16.0. The molecule has 0 N–H and O–H groups in total. The van der Waals surface area contributed by atoms with Crippen molar-refractivity contribution in [3.63, 3.8) is 0 Å².